The van der Waals surface area contributed by atoms with E-state index in [4.69, 9.17) is 4.52 Å². The fourth-order valence-corrected chi connectivity index (χ4v) is 3.64. The Morgan fingerprint density at radius 2 is 1.96 bits per heavy atom. The Kier molecular flexibility index (Phi) is 4.62. The summed E-state index contributed by atoms with van der Waals surface area (Å²) in [5.41, 5.74) is 1.46. The molecule has 0 spiro atoms. The maximum atomic E-state index is 14.1. The number of carbonyl (C=O) groups excluding carboxylic acids is 1. The van der Waals surface area contributed by atoms with Crippen LogP contribution in [0.4, 0.5) is 8.78 Å². The van der Waals surface area contributed by atoms with Crippen LogP contribution in [0.1, 0.15) is 46.4 Å². The minimum Gasteiger partial charge on any atom is -0.361 e. The van der Waals surface area contributed by atoms with Gasteiger partial charge in [0.25, 0.3) is 5.91 Å². The second-order valence-electron chi connectivity index (χ2n) is 6.76. The Morgan fingerprint density at radius 1 is 1.21 bits per heavy atom. The Labute approximate surface area is 160 Å². The van der Waals surface area contributed by atoms with Gasteiger partial charge in [0.2, 0.25) is 0 Å². The number of hydrogen-bond donors (Lipinski definition) is 0. The van der Waals surface area contributed by atoms with E-state index in [1.165, 1.54) is 11.0 Å². The van der Waals surface area contributed by atoms with Gasteiger partial charge in [0.1, 0.15) is 23.0 Å². The second kappa shape index (κ2) is 7.10. The van der Waals surface area contributed by atoms with Gasteiger partial charge < -0.3 is 9.42 Å². The lowest BCUT2D eigenvalue weighted by Gasteiger charge is -2.25. The quantitative estimate of drug-likeness (QED) is 0.682. The van der Waals surface area contributed by atoms with Crippen LogP contribution in [0.2, 0.25) is 0 Å². The van der Waals surface area contributed by atoms with Crippen LogP contribution in [0.15, 0.2) is 35.0 Å². The van der Waals surface area contributed by atoms with Crippen molar-refractivity contribution in [2.75, 3.05) is 6.54 Å². The molecule has 1 saturated heterocycles. The lowest BCUT2D eigenvalue weighted by Crippen LogP contribution is -2.32. The summed E-state index contributed by atoms with van der Waals surface area (Å²) >= 11 is 0. The molecular weight excluding hydrogens is 366 g/mol. The Bertz CT molecular complexity index is 1010. The number of carbonyl (C=O) groups is 1. The fourth-order valence-electron chi connectivity index (χ4n) is 3.64. The van der Waals surface area contributed by atoms with E-state index in [0.717, 1.165) is 18.6 Å². The smallest absolute Gasteiger partial charge is 0.260 e. The molecule has 3 aromatic rings. The molecule has 2 aromatic heterocycles. The summed E-state index contributed by atoms with van der Waals surface area (Å²) in [6.45, 7) is 3.98. The van der Waals surface area contributed by atoms with Gasteiger partial charge in [0.05, 0.1) is 23.0 Å². The molecule has 0 unspecified atom stereocenters. The van der Waals surface area contributed by atoms with Crippen LogP contribution >= 0.6 is 0 Å². The number of aromatic nitrogens is 3. The van der Waals surface area contributed by atoms with Crippen molar-refractivity contribution in [3.05, 3.63) is 64.8 Å². The van der Waals surface area contributed by atoms with Gasteiger partial charge in [0.15, 0.2) is 5.82 Å². The molecule has 1 aliphatic heterocycles. The summed E-state index contributed by atoms with van der Waals surface area (Å²) in [6.07, 6.45) is 2.98. The third-order valence-electron chi connectivity index (χ3n) is 4.97. The van der Waals surface area contributed by atoms with E-state index in [9.17, 15) is 13.6 Å². The zero-order chi connectivity index (χ0) is 19.8. The van der Waals surface area contributed by atoms with E-state index in [1.807, 2.05) is 0 Å². The molecule has 28 heavy (non-hydrogen) atoms. The van der Waals surface area contributed by atoms with Crippen LogP contribution in [0.5, 0.6) is 0 Å². The van der Waals surface area contributed by atoms with E-state index in [0.29, 0.717) is 41.5 Å². The van der Waals surface area contributed by atoms with Gasteiger partial charge in [0, 0.05) is 12.7 Å². The van der Waals surface area contributed by atoms with Crippen LogP contribution in [-0.2, 0) is 0 Å². The highest BCUT2D eigenvalue weighted by Gasteiger charge is 2.34. The number of likely N-dealkylation sites (tertiary alicyclic amines) is 1. The molecule has 1 aromatic carbocycles. The summed E-state index contributed by atoms with van der Waals surface area (Å²) in [5.74, 6) is -1.35. The predicted octanol–water partition coefficient (Wildman–Crippen LogP) is 4.00. The molecule has 0 saturated carbocycles. The summed E-state index contributed by atoms with van der Waals surface area (Å²) < 4.78 is 33.4. The molecule has 1 aliphatic rings. The molecule has 144 valence electrons. The molecule has 1 atom stereocenters. The first-order chi connectivity index (χ1) is 13.5. The van der Waals surface area contributed by atoms with Gasteiger partial charge in [-0.25, -0.2) is 18.7 Å². The Hall–Kier alpha value is -3.16. The molecule has 0 N–H and O–H groups in total. The summed E-state index contributed by atoms with van der Waals surface area (Å²) in [4.78, 5) is 23.2. The van der Waals surface area contributed by atoms with Gasteiger partial charge in [-0.05, 0) is 44.9 Å². The van der Waals surface area contributed by atoms with Crippen molar-refractivity contribution in [2.45, 2.75) is 32.7 Å². The van der Waals surface area contributed by atoms with Crippen molar-refractivity contribution in [2.24, 2.45) is 0 Å². The van der Waals surface area contributed by atoms with Crippen LogP contribution in [0.25, 0.3) is 11.4 Å². The summed E-state index contributed by atoms with van der Waals surface area (Å²) in [7, 11) is 0. The molecular formula is C20H18F2N4O2. The van der Waals surface area contributed by atoms with Crippen molar-refractivity contribution < 1.29 is 18.1 Å². The third-order valence-corrected chi connectivity index (χ3v) is 4.97. The molecule has 6 nitrogen and oxygen atoms in total. The Balaban J connectivity index is 1.70. The Morgan fingerprint density at radius 3 is 2.64 bits per heavy atom. The SMILES string of the molecule is Cc1noc(C)c1-c1nccc([C@H]2CCCN2C(=O)c2c(F)cccc2F)n1. The first-order valence-electron chi connectivity index (χ1n) is 8.98. The number of nitrogens with zero attached hydrogens (tertiary/aromatic N) is 4. The van der Waals surface area contributed by atoms with Crippen molar-refractivity contribution in [3.8, 4) is 11.4 Å². The maximum absolute atomic E-state index is 14.1. The highest BCUT2D eigenvalue weighted by atomic mass is 19.1. The van der Waals surface area contributed by atoms with Gasteiger partial charge in [-0.3, -0.25) is 4.79 Å². The van der Waals surface area contributed by atoms with E-state index >= 15 is 0 Å². The average Bonchev–Trinajstić information content (AvgIpc) is 3.28. The van der Waals surface area contributed by atoms with Crippen LogP contribution in [0, 0.1) is 25.5 Å². The molecule has 0 aliphatic carbocycles. The number of hydrogen-bond acceptors (Lipinski definition) is 5. The van der Waals surface area contributed by atoms with Crippen LogP contribution < -0.4 is 0 Å². The van der Waals surface area contributed by atoms with Gasteiger partial charge in [-0.15, -0.1) is 0 Å². The average molecular weight is 384 g/mol. The highest BCUT2D eigenvalue weighted by Crippen LogP contribution is 2.34. The number of amides is 1. The van der Waals surface area contributed by atoms with Gasteiger partial charge in [-0.1, -0.05) is 11.2 Å². The van der Waals surface area contributed by atoms with Crippen molar-refractivity contribution >= 4 is 5.91 Å². The van der Waals surface area contributed by atoms with Crippen LogP contribution in [0.3, 0.4) is 0 Å². The predicted molar refractivity (Wildman–Crippen MR) is 96.4 cm³/mol. The topological polar surface area (TPSA) is 72.1 Å². The van der Waals surface area contributed by atoms with Crippen molar-refractivity contribution in [1.82, 2.24) is 20.0 Å². The minimum atomic E-state index is -0.866. The normalized spacial score (nSPS) is 16.6. The second-order valence-corrected chi connectivity index (χ2v) is 6.76. The molecule has 4 rings (SSSR count). The maximum Gasteiger partial charge on any atom is 0.260 e. The van der Waals surface area contributed by atoms with Gasteiger partial charge >= 0.3 is 0 Å². The van der Waals surface area contributed by atoms with E-state index < -0.39 is 23.1 Å². The largest absolute Gasteiger partial charge is 0.361 e. The highest BCUT2D eigenvalue weighted by molar-refractivity contribution is 5.95. The standard InChI is InChI=1S/C20H18F2N4O2/c1-11-17(12(2)28-25-11)19-23-9-8-15(24-19)16-7-4-10-26(16)20(27)18-13(21)5-3-6-14(18)22/h3,5-6,8-9,16H,4,7,10H2,1-2H3/t16-/m1/s1. The lowest BCUT2D eigenvalue weighted by atomic mass is 10.1. The number of rotatable bonds is 3. The zero-order valence-corrected chi connectivity index (χ0v) is 15.4. The molecule has 1 amide bonds. The monoisotopic (exact) mass is 384 g/mol. The molecule has 3 heterocycles. The number of benzene rings is 1. The third kappa shape index (κ3) is 3.04. The van der Waals surface area contributed by atoms with Gasteiger partial charge in [-0.2, -0.15) is 0 Å². The van der Waals surface area contributed by atoms with E-state index in [2.05, 4.69) is 15.1 Å². The molecule has 1 fully saturated rings. The fraction of sp³-hybridized carbons (Fsp3) is 0.300. The van der Waals surface area contributed by atoms with E-state index in [1.54, 1.807) is 26.1 Å². The summed E-state index contributed by atoms with van der Waals surface area (Å²) in [5, 5.41) is 3.92. The van der Waals surface area contributed by atoms with Crippen LogP contribution in [-0.4, -0.2) is 32.5 Å². The minimum absolute atomic E-state index is 0.381. The number of halogens is 2. The summed E-state index contributed by atoms with van der Waals surface area (Å²) in [6, 6.07) is 4.75. The lowest BCUT2D eigenvalue weighted by molar-refractivity contribution is 0.0723. The molecule has 0 bridgehead atoms. The van der Waals surface area contributed by atoms with Crippen molar-refractivity contribution in [1.29, 1.82) is 0 Å². The number of aryl methyl sites for hydroxylation is 2. The van der Waals surface area contributed by atoms with E-state index in [-0.39, 0.29) is 6.04 Å². The van der Waals surface area contributed by atoms with Crippen molar-refractivity contribution in [3.63, 3.8) is 0 Å². The zero-order valence-electron chi connectivity index (χ0n) is 15.4. The molecule has 0 radical (unpaired) electrons. The first kappa shape index (κ1) is 18.2. The molecule has 8 heteroatoms. The first-order valence-corrected chi connectivity index (χ1v) is 8.98.